The van der Waals surface area contributed by atoms with E-state index < -0.39 is 16.0 Å². The summed E-state index contributed by atoms with van der Waals surface area (Å²) in [6.07, 6.45) is 1.88. The highest BCUT2D eigenvalue weighted by molar-refractivity contribution is 7.92. The molecule has 0 unspecified atom stereocenters. The van der Waals surface area contributed by atoms with Crippen LogP contribution in [0.1, 0.15) is 13.3 Å². The summed E-state index contributed by atoms with van der Waals surface area (Å²) in [5, 5.41) is 9.07. The van der Waals surface area contributed by atoms with Crippen LogP contribution in [0.3, 0.4) is 0 Å². The first-order valence-corrected chi connectivity index (χ1v) is 12.6. The van der Waals surface area contributed by atoms with Gasteiger partial charge in [0.15, 0.2) is 0 Å². The number of H-pyrrole nitrogens is 2. The lowest BCUT2D eigenvalue weighted by molar-refractivity contribution is -0.136. The zero-order chi connectivity index (χ0) is 25.0. The molecule has 0 atom stereocenters. The number of hydrogen-bond acceptors (Lipinski definition) is 6. The van der Waals surface area contributed by atoms with E-state index in [4.69, 9.17) is 9.84 Å². The van der Waals surface area contributed by atoms with Gasteiger partial charge in [0.25, 0.3) is 15.6 Å². The SMILES string of the molecule is CCC(=O)O.O=c1[nH]c2ccc(S(=O)(=O)Nc3ccc(N4CCOCC4)cc3)cc2c2cc[nH]c12. The fourth-order valence-electron chi connectivity index (χ4n) is 3.76. The molecule has 0 amide bonds. The van der Waals surface area contributed by atoms with Crippen LogP contribution in [-0.4, -0.2) is 55.8 Å². The van der Waals surface area contributed by atoms with Gasteiger partial charge < -0.3 is 24.7 Å². The number of aromatic amines is 2. The van der Waals surface area contributed by atoms with Crippen molar-refractivity contribution >= 4 is 49.2 Å². The number of sulfonamides is 1. The second kappa shape index (κ2) is 10.2. The summed E-state index contributed by atoms with van der Waals surface area (Å²) in [4.78, 5) is 29.4. The first-order chi connectivity index (χ1) is 16.8. The fourth-order valence-corrected chi connectivity index (χ4v) is 4.85. The number of fused-ring (bicyclic) bond motifs is 3. The molecule has 0 radical (unpaired) electrons. The zero-order valence-corrected chi connectivity index (χ0v) is 19.9. The number of carboxylic acids is 1. The van der Waals surface area contributed by atoms with E-state index in [0.717, 1.165) is 18.8 Å². The van der Waals surface area contributed by atoms with E-state index in [-0.39, 0.29) is 16.9 Å². The van der Waals surface area contributed by atoms with Gasteiger partial charge in [-0.2, -0.15) is 0 Å². The third kappa shape index (κ3) is 5.47. The Morgan fingerprint density at radius 3 is 2.43 bits per heavy atom. The number of nitrogens with zero attached hydrogens (tertiary/aromatic N) is 1. The number of aliphatic carboxylic acids is 1. The Bertz CT molecular complexity index is 1500. The number of morpholine rings is 1. The van der Waals surface area contributed by atoms with Gasteiger partial charge in [-0.1, -0.05) is 6.92 Å². The molecule has 0 saturated carbocycles. The molecule has 2 aromatic carbocycles. The second-order valence-electron chi connectivity index (χ2n) is 7.93. The predicted molar refractivity (Wildman–Crippen MR) is 135 cm³/mol. The molecule has 1 saturated heterocycles. The van der Waals surface area contributed by atoms with Crippen molar-refractivity contribution in [3.8, 4) is 0 Å². The summed E-state index contributed by atoms with van der Waals surface area (Å²) < 4.78 is 33.9. The van der Waals surface area contributed by atoms with Gasteiger partial charge in [-0.25, -0.2) is 8.42 Å². The first-order valence-electron chi connectivity index (χ1n) is 11.1. The van der Waals surface area contributed by atoms with E-state index in [2.05, 4.69) is 19.6 Å². The van der Waals surface area contributed by atoms with Gasteiger partial charge in [-0.05, 0) is 48.5 Å². The van der Waals surface area contributed by atoms with Gasteiger partial charge in [-0.3, -0.25) is 14.3 Å². The Labute approximate surface area is 201 Å². The fraction of sp³-hybridized carbons (Fsp3) is 0.250. The maximum atomic E-state index is 13.0. The van der Waals surface area contributed by atoms with Gasteiger partial charge in [0.1, 0.15) is 5.52 Å². The Hall–Kier alpha value is -3.83. The van der Waals surface area contributed by atoms with Crippen LogP contribution in [0, 0.1) is 0 Å². The first kappa shape index (κ1) is 24.3. The molecule has 4 aromatic rings. The number of ether oxygens (including phenoxy) is 1. The molecule has 4 N–H and O–H groups in total. The molecule has 1 aliphatic heterocycles. The number of nitrogens with one attached hydrogen (secondary N) is 3. The van der Waals surface area contributed by atoms with Gasteiger partial charge >= 0.3 is 5.97 Å². The lowest BCUT2D eigenvalue weighted by atomic mass is 10.1. The summed E-state index contributed by atoms with van der Waals surface area (Å²) in [5.41, 5.74) is 2.28. The number of hydrogen-bond donors (Lipinski definition) is 4. The lowest BCUT2D eigenvalue weighted by Gasteiger charge is -2.28. The number of rotatable bonds is 5. The molecule has 1 fully saturated rings. The molecule has 35 heavy (non-hydrogen) atoms. The monoisotopic (exact) mass is 498 g/mol. The number of anilines is 2. The number of carbonyl (C=O) groups is 1. The van der Waals surface area contributed by atoms with Crippen LogP contribution >= 0.6 is 0 Å². The Morgan fingerprint density at radius 1 is 1.09 bits per heavy atom. The largest absolute Gasteiger partial charge is 0.481 e. The minimum Gasteiger partial charge on any atom is -0.481 e. The van der Waals surface area contributed by atoms with Crippen molar-refractivity contribution in [1.29, 1.82) is 0 Å². The smallest absolute Gasteiger partial charge is 0.303 e. The Balaban J connectivity index is 0.000000527. The van der Waals surface area contributed by atoms with Crippen molar-refractivity contribution in [1.82, 2.24) is 9.97 Å². The summed E-state index contributed by atoms with van der Waals surface area (Å²) in [7, 11) is -3.79. The minimum absolute atomic E-state index is 0.127. The van der Waals surface area contributed by atoms with Gasteiger partial charge in [0.2, 0.25) is 0 Å². The van der Waals surface area contributed by atoms with Gasteiger partial charge in [0.05, 0.1) is 18.1 Å². The van der Waals surface area contributed by atoms with Crippen LogP contribution in [0.4, 0.5) is 11.4 Å². The van der Waals surface area contributed by atoms with E-state index in [1.165, 1.54) is 6.07 Å². The molecule has 0 aliphatic carbocycles. The van der Waals surface area contributed by atoms with Crippen molar-refractivity contribution in [2.45, 2.75) is 18.2 Å². The van der Waals surface area contributed by atoms with Crippen LogP contribution in [0.15, 0.2) is 64.4 Å². The average Bonchev–Trinajstić information content (AvgIpc) is 3.36. The maximum Gasteiger partial charge on any atom is 0.303 e. The maximum absolute atomic E-state index is 13.0. The van der Waals surface area contributed by atoms with Crippen molar-refractivity contribution in [2.24, 2.45) is 0 Å². The second-order valence-corrected chi connectivity index (χ2v) is 9.61. The van der Waals surface area contributed by atoms with Crippen LogP contribution in [-0.2, 0) is 19.6 Å². The Kier molecular flexibility index (Phi) is 7.08. The minimum atomic E-state index is -3.79. The topological polar surface area (TPSA) is 145 Å². The highest BCUT2D eigenvalue weighted by Gasteiger charge is 2.17. The number of aromatic nitrogens is 2. The third-order valence-corrected chi connectivity index (χ3v) is 6.99. The average molecular weight is 499 g/mol. The van der Waals surface area contributed by atoms with E-state index in [1.54, 1.807) is 43.5 Å². The molecule has 3 heterocycles. The molecule has 0 spiro atoms. The van der Waals surface area contributed by atoms with Crippen molar-refractivity contribution in [2.75, 3.05) is 35.9 Å². The Morgan fingerprint density at radius 2 is 1.77 bits per heavy atom. The van der Waals surface area contributed by atoms with E-state index in [0.29, 0.717) is 40.7 Å². The van der Waals surface area contributed by atoms with Crippen molar-refractivity contribution in [3.05, 3.63) is 65.1 Å². The van der Waals surface area contributed by atoms with Crippen LogP contribution < -0.4 is 15.2 Å². The lowest BCUT2D eigenvalue weighted by Crippen LogP contribution is -2.36. The quantitative estimate of drug-likeness (QED) is 0.331. The highest BCUT2D eigenvalue weighted by Crippen LogP contribution is 2.26. The summed E-state index contributed by atoms with van der Waals surface area (Å²) in [6, 6.07) is 13.7. The normalized spacial score (nSPS) is 13.9. The number of benzene rings is 2. The zero-order valence-electron chi connectivity index (χ0n) is 19.1. The highest BCUT2D eigenvalue weighted by atomic mass is 32.2. The van der Waals surface area contributed by atoms with Gasteiger partial charge in [-0.15, -0.1) is 0 Å². The molecule has 2 aromatic heterocycles. The molecular formula is C24H26N4O6S. The van der Waals surface area contributed by atoms with Crippen LogP contribution in [0.5, 0.6) is 0 Å². The van der Waals surface area contributed by atoms with Crippen molar-refractivity contribution in [3.63, 3.8) is 0 Å². The summed E-state index contributed by atoms with van der Waals surface area (Å²) in [6.45, 7) is 4.62. The summed E-state index contributed by atoms with van der Waals surface area (Å²) >= 11 is 0. The van der Waals surface area contributed by atoms with Gasteiger partial charge in [0, 0.05) is 53.4 Å². The molecular weight excluding hydrogens is 472 g/mol. The van der Waals surface area contributed by atoms with Crippen LogP contribution in [0.2, 0.25) is 0 Å². The van der Waals surface area contributed by atoms with E-state index >= 15 is 0 Å². The molecule has 184 valence electrons. The summed E-state index contributed by atoms with van der Waals surface area (Å²) in [5.74, 6) is -0.745. The van der Waals surface area contributed by atoms with Crippen molar-refractivity contribution < 1.29 is 23.1 Å². The third-order valence-electron chi connectivity index (χ3n) is 5.61. The standard InChI is InChI=1S/C21H20N4O4S.C3H6O2/c26-21-20-17(7-8-22-20)18-13-16(5-6-19(18)23-21)30(27,28)24-14-1-3-15(4-2-14)25-9-11-29-12-10-25;1-2-3(4)5/h1-8,13,22,24H,9-12H2,(H,23,26);2H2,1H3,(H,4,5). The predicted octanol–water partition coefficient (Wildman–Crippen LogP) is 3.13. The number of carboxylic acid groups (broad SMARTS) is 1. The molecule has 10 nitrogen and oxygen atoms in total. The molecule has 0 bridgehead atoms. The molecule has 1 aliphatic rings. The van der Waals surface area contributed by atoms with Crippen LogP contribution in [0.25, 0.3) is 21.8 Å². The molecule has 5 rings (SSSR count). The van der Waals surface area contributed by atoms with E-state index in [9.17, 15) is 18.0 Å². The van der Waals surface area contributed by atoms with E-state index in [1.807, 2.05) is 12.1 Å². The number of pyridine rings is 1. The molecule has 11 heteroatoms.